The van der Waals surface area contributed by atoms with Crippen LogP contribution in [0, 0.1) is 33.5 Å². The molecule has 1 aliphatic heterocycles. The highest BCUT2D eigenvalue weighted by molar-refractivity contribution is 6.01. The van der Waals surface area contributed by atoms with E-state index in [9.17, 15) is 48.3 Å². The molecule has 19 heteroatoms. The standard InChI is InChI=1S/C42H56O19/c1-19(56-21(3)44)40(18-55-20(2)43)27(13-14-29(50)53-11)37(8)16-15-28-38(9,31(37)30(57-22(4)45)33(40)58-23(5)46)34(59-24(6)47)35(60-25(7)48)39(10)41(28,52)17-26(49)32-42(39,61-32)36(51)54-12/h13,19,28,30-35,52H,14-18H2,1-12H3/b27-13+/t19?,28-,30+,31+,32?,33+,34-,35+,37+,38+,39-,40-,41-,42+/m1/s1. The zero-order chi connectivity index (χ0) is 46.0. The lowest BCUT2D eigenvalue weighted by atomic mass is 9.32. The van der Waals surface area contributed by atoms with Crippen molar-refractivity contribution in [1.29, 1.82) is 0 Å². The van der Waals surface area contributed by atoms with Crippen LogP contribution in [0.3, 0.4) is 0 Å². The second-order valence-electron chi connectivity index (χ2n) is 17.5. The molecule has 338 valence electrons. The van der Waals surface area contributed by atoms with Crippen molar-refractivity contribution in [2.45, 2.75) is 143 Å². The van der Waals surface area contributed by atoms with Crippen LogP contribution >= 0.6 is 0 Å². The van der Waals surface area contributed by atoms with Crippen LogP contribution in [0.15, 0.2) is 11.6 Å². The second-order valence-corrected chi connectivity index (χ2v) is 17.5. The van der Waals surface area contributed by atoms with Gasteiger partial charge in [-0.1, -0.05) is 25.5 Å². The summed E-state index contributed by atoms with van der Waals surface area (Å²) in [4.78, 5) is 120. The van der Waals surface area contributed by atoms with Crippen molar-refractivity contribution in [1.82, 2.24) is 0 Å². The predicted octanol–water partition coefficient (Wildman–Crippen LogP) is 1.79. The summed E-state index contributed by atoms with van der Waals surface area (Å²) in [7, 11) is 2.21. The summed E-state index contributed by atoms with van der Waals surface area (Å²) in [5.41, 5.74) is -11.7. The molecule has 4 saturated carbocycles. The number of methoxy groups -OCH3 is 2. The first-order valence-electron chi connectivity index (χ1n) is 20.0. The van der Waals surface area contributed by atoms with Crippen molar-refractivity contribution in [2.24, 2.45) is 33.5 Å². The quantitative estimate of drug-likeness (QED) is 0.134. The van der Waals surface area contributed by atoms with Crippen LogP contribution in [-0.2, 0) is 85.8 Å². The number of aliphatic hydroxyl groups is 1. The third-order valence-corrected chi connectivity index (χ3v) is 14.3. The summed E-state index contributed by atoms with van der Waals surface area (Å²) >= 11 is 0. The Kier molecular flexibility index (Phi) is 12.4. The van der Waals surface area contributed by atoms with Crippen LogP contribution < -0.4 is 0 Å². The SMILES string of the molecule is COC(=O)C/C=C1\[C@]2(C)CC[C@@H]3[C@](C)([C@H](OC(C)=O)[C@H](OC(C)=O)[C@@]4(C)[C@]5(C(=O)OC)OC5C(=O)C[C@@]34O)[C@H]2[C@H](OC(C)=O)[C@H](OC(C)=O)[C@]1(COC(C)=O)C(C)OC(C)=O. The average Bonchev–Trinajstić information content (AvgIpc) is 3.92. The number of hydrogen-bond acceptors (Lipinski definition) is 19. The fourth-order valence-corrected chi connectivity index (χ4v) is 12.3. The Hall–Kier alpha value is -4.91. The van der Waals surface area contributed by atoms with Crippen LogP contribution in [-0.4, -0.2) is 127 Å². The van der Waals surface area contributed by atoms with E-state index >= 15 is 0 Å². The van der Waals surface area contributed by atoms with E-state index in [1.54, 1.807) is 13.8 Å². The fraction of sp³-hybridized carbons (Fsp3) is 0.738. The summed E-state index contributed by atoms with van der Waals surface area (Å²) < 4.78 is 52.4. The number of Topliss-reactive ketones (excluding diaryl/α,β-unsaturated/α-hetero) is 1. The van der Waals surface area contributed by atoms with Gasteiger partial charge >= 0.3 is 47.8 Å². The number of hydrogen-bond donors (Lipinski definition) is 1. The van der Waals surface area contributed by atoms with E-state index in [0.717, 1.165) is 55.8 Å². The van der Waals surface area contributed by atoms with Gasteiger partial charge < -0.3 is 47.7 Å². The van der Waals surface area contributed by atoms with E-state index in [1.165, 1.54) is 19.9 Å². The second kappa shape index (κ2) is 16.1. The Labute approximate surface area is 352 Å². The lowest BCUT2D eigenvalue weighted by Gasteiger charge is -2.73. The first kappa shape index (κ1) is 47.1. The molecule has 1 heterocycles. The van der Waals surface area contributed by atoms with Gasteiger partial charge in [-0.05, 0) is 38.0 Å². The maximum Gasteiger partial charge on any atom is 0.342 e. The van der Waals surface area contributed by atoms with Gasteiger partial charge in [-0.25, -0.2) is 4.79 Å². The molecule has 61 heavy (non-hydrogen) atoms. The molecule has 14 atom stereocenters. The van der Waals surface area contributed by atoms with Crippen molar-refractivity contribution < 1.29 is 90.9 Å². The Morgan fingerprint density at radius 3 is 1.85 bits per heavy atom. The van der Waals surface area contributed by atoms with E-state index in [-0.39, 0.29) is 18.4 Å². The molecule has 5 fully saturated rings. The molecule has 0 aromatic carbocycles. The highest BCUT2D eigenvalue weighted by atomic mass is 16.7. The van der Waals surface area contributed by atoms with Gasteiger partial charge in [0.15, 0.2) is 24.1 Å². The molecular formula is C42H56O19. The number of ketones is 1. The fourth-order valence-electron chi connectivity index (χ4n) is 12.3. The van der Waals surface area contributed by atoms with Crippen molar-refractivity contribution in [3.05, 3.63) is 11.6 Å². The van der Waals surface area contributed by atoms with Crippen LogP contribution in [0.25, 0.3) is 0 Å². The normalized spacial score (nSPS) is 40.5. The summed E-state index contributed by atoms with van der Waals surface area (Å²) in [5.74, 6) is -10.3. The third kappa shape index (κ3) is 6.89. The van der Waals surface area contributed by atoms with Gasteiger partial charge in [0.05, 0.1) is 31.7 Å². The van der Waals surface area contributed by atoms with Crippen molar-refractivity contribution in [2.75, 3.05) is 20.8 Å². The van der Waals surface area contributed by atoms with Gasteiger partial charge in [0.25, 0.3) is 0 Å². The van der Waals surface area contributed by atoms with Crippen LogP contribution in [0.2, 0.25) is 0 Å². The highest BCUT2D eigenvalue weighted by Gasteiger charge is 2.92. The number of esters is 8. The van der Waals surface area contributed by atoms with E-state index < -0.39 is 154 Å². The highest BCUT2D eigenvalue weighted by Crippen LogP contribution is 2.77. The Morgan fingerprint density at radius 1 is 0.787 bits per heavy atom. The van der Waals surface area contributed by atoms with Gasteiger partial charge in [-0.15, -0.1) is 0 Å². The molecule has 0 amide bonds. The molecule has 2 unspecified atom stereocenters. The minimum absolute atomic E-state index is 0.0167. The smallest absolute Gasteiger partial charge is 0.342 e. The van der Waals surface area contributed by atoms with Gasteiger partial charge in [-0.2, -0.15) is 0 Å². The van der Waals surface area contributed by atoms with Gasteiger partial charge in [-0.3, -0.25) is 38.4 Å². The van der Waals surface area contributed by atoms with E-state index in [0.29, 0.717) is 0 Å². The monoisotopic (exact) mass is 864 g/mol. The first-order valence-corrected chi connectivity index (χ1v) is 20.0. The molecule has 1 saturated heterocycles. The van der Waals surface area contributed by atoms with Crippen LogP contribution in [0.5, 0.6) is 0 Å². The zero-order valence-electron chi connectivity index (χ0n) is 36.5. The van der Waals surface area contributed by atoms with Gasteiger partial charge in [0.1, 0.15) is 30.3 Å². The Bertz CT molecular complexity index is 1940. The molecule has 5 aliphatic rings. The minimum atomic E-state index is -2.34. The maximum atomic E-state index is 14.0. The Morgan fingerprint density at radius 2 is 1.34 bits per heavy atom. The topological polar surface area (TPSA) is 260 Å². The molecule has 0 radical (unpaired) electrons. The van der Waals surface area contributed by atoms with Crippen molar-refractivity contribution in [3.8, 4) is 0 Å². The number of fused-ring (bicyclic) bond motifs is 7. The van der Waals surface area contributed by atoms with Crippen molar-refractivity contribution >= 4 is 53.5 Å². The first-order chi connectivity index (χ1) is 28.2. The average molecular weight is 865 g/mol. The number of rotatable bonds is 11. The molecule has 0 aromatic rings. The zero-order valence-corrected chi connectivity index (χ0v) is 36.5. The van der Waals surface area contributed by atoms with E-state index in [2.05, 4.69) is 0 Å². The van der Waals surface area contributed by atoms with Crippen molar-refractivity contribution in [3.63, 3.8) is 0 Å². The predicted molar refractivity (Wildman–Crippen MR) is 202 cm³/mol. The minimum Gasteiger partial charge on any atom is -0.469 e. The lowest BCUT2D eigenvalue weighted by molar-refractivity contribution is -0.342. The molecule has 4 aliphatic carbocycles. The van der Waals surface area contributed by atoms with Gasteiger partial charge in [0.2, 0.25) is 5.60 Å². The summed E-state index contributed by atoms with van der Waals surface area (Å²) in [6, 6.07) is 0. The number of ether oxygens (including phenoxy) is 9. The lowest BCUT2D eigenvalue weighted by Crippen LogP contribution is -2.84. The Balaban J connectivity index is 1.98. The molecule has 0 bridgehead atoms. The summed E-state index contributed by atoms with van der Waals surface area (Å²) in [6.07, 6.45) is -9.37. The molecule has 5 rings (SSSR count). The molecule has 0 aromatic heterocycles. The van der Waals surface area contributed by atoms with E-state index in [1.807, 2.05) is 0 Å². The summed E-state index contributed by atoms with van der Waals surface area (Å²) in [5, 5.41) is 13.6. The summed E-state index contributed by atoms with van der Waals surface area (Å²) in [6.45, 7) is 12.0. The van der Waals surface area contributed by atoms with Crippen LogP contribution in [0.4, 0.5) is 0 Å². The number of carbonyl (C=O) groups excluding carboxylic acids is 9. The van der Waals surface area contributed by atoms with Gasteiger partial charge in [0, 0.05) is 59.3 Å². The largest absolute Gasteiger partial charge is 0.469 e. The molecule has 1 N–H and O–H groups in total. The maximum absolute atomic E-state index is 14.0. The number of carbonyl (C=O) groups is 9. The number of epoxide rings is 1. The molecule has 19 nitrogen and oxygen atoms in total. The van der Waals surface area contributed by atoms with E-state index in [4.69, 9.17) is 42.6 Å². The molecular weight excluding hydrogens is 808 g/mol. The van der Waals surface area contributed by atoms with Crippen LogP contribution in [0.1, 0.15) is 94.9 Å². The molecule has 0 spiro atoms. The third-order valence-electron chi connectivity index (χ3n) is 14.3.